The van der Waals surface area contributed by atoms with Crippen molar-refractivity contribution in [3.8, 4) is 0 Å². The Balaban J connectivity index is 1.45. The monoisotopic (exact) mass is 339 g/mol. The number of thioether (sulfide) groups is 1. The number of rotatable bonds is 8. The Morgan fingerprint density at radius 3 is 2.38 bits per heavy atom. The van der Waals surface area contributed by atoms with Crippen LogP contribution in [-0.2, 0) is 23.6 Å². The number of hydrogen-bond acceptors (Lipinski definition) is 4. The van der Waals surface area contributed by atoms with Gasteiger partial charge in [0.2, 0.25) is 5.16 Å². The standard InChI is InChI=1S/C19H21N3OS/c1-16(23-13-17-8-4-2-5-9-17)12-22-15-20-19(21-22)24-14-18-10-6-3-7-11-18/h2-11,15-16H,12-14H2,1H3/t16-/m1/s1. The number of benzene rings is 2. The molecular formula is C19H21N3OS. The van der Waals surface area contributed by atoms with Gasteiger partial charge in [-0.2, -0.15) is 0 Å². The molecule has 24 heavy (non-hydrogen) atoms. The summed E-state index contributed by atoms with van der Waals surface area (Å²) in [4.78, 5) is 4.36. The summed E-state index contributed by atoms with van der Waals surface area (Å²) in [5.41, 5.74) is 2.46. The van der Waals surface area contributed by atoms with Gasteiger partial charge in [0.1, 0.15) is 6.33 Å². The van der Waals surface area contributed by atoms with Crippen molar-refractivity contribution in [2.45, 2.75) is 37.1 Å². The highest BCUT2D eigenvalue weighted by Crippen LogP contribution is 2.18. The maximum Gasteiger partial charge on any atom is 0.208 e. The predicted octanol–water partition coefficient (Wildman–Crippen LogP) is 4.18. The summed E-state index contributed by atoms with van der Waals surface area (Å²) in [6, 6.07) is 20.6. The Morgan fingerprint density at radius 1 is 1.00 bits per heavy atom. The van der Waals surface area contributed by atoms with Gasteiger partial charge in [-0.05, 0) is 18.1 Å². The molecule has 0 spiro atoms. The second-order valence-corrected chi connectivity index (χ2v) is 6.57. The van der Waals surface area contributed by atoms with E-state index in [1.165, 1.54) is 11.1 Å². The first-order valence-corrected chi connectivity index (χ1v) is 9.00. The molecule has 0 unspecified atom stereocenters. The minimum atomic E-state index is 0.0823. The van der Waals surface area contributed by atoms with Gasteiger partial charge in [-0.3, -0.25) is 0 Å². The van der Waals surface area contributed by atoms with E-state index >= 15 is 0 Å². The van der Waals surface area contributed by atoms with Crippen LogP contribution in [0.25, 0.3) is 0 Å². The summed E-state index contributed by atoms with van der Waals surface area (Å²) in [6.45, 7) is 3.37. The first kappa shape index (κ1) is 16.7. The van der Waals surface area contributed by atoms with E-state index in [9.17, 15) is 0 Å². The molecule has 0 amide bonds. The van der Waals surface area contributed by atoms with Gasteiger partial charge in [0, 0.05) is 5.75 Å². The maximum atomic E-state index is 5.88. The number of nitrogens with zero attached hydrogens (tertiary/aromatic N) is 3. The van der Waals surface area contributed by atoms with Crippen LogP contribution in [0, 0.1) is 0 Å². The summed E-state index contributed by atoms with van der Waals surface area (Å²) >= 11 is 1.65. The van der Waals surface area contributed by atoms with E-state index in [0.29, 0.717) is 13.2 Å². The lowest BCUT2D eigenvalue weighted by Crippen LogP contribution is -2.17. The fraction of sp³-hybridized carbons (Fsp3) is 0.263. The lowest BCUT2D eigenvalue weighted by atomic mass is 10.2. The molecule has 1 aromatic heterocycles. The van der Waals surface area contributed by atoms with Gasteiger partial charge >= 0.3 is 0 Å². The molecule has 0 radical (unpaired) electrons. The Bertz CT molecular complexity index is 731. The van der Waals surface area contributed by atoms with Crippen molar-refractivity contribution >= 4 is 11.8 Å². The van der Waals surface area contributed by atoms with Crippen LogP contribution in [-0.4, -0.2) is 20.9 Å². The van der Waals surface area contributed by atoms with Crippen LogP contribution in [0.1, 0.15) is 18.1 Å². The lowest BCUT2D eigenvalue weighted by Gasteiger charge is -2.12. The highest BCUT2D eigenvalue weighted by atomic mass is 32.2. The molecule has 0 saturated carbocycles. The van der Waals surface area contributed by atoms with Crippen LogP contribution in [0.15, 0.2) is 72.1 Å². The third-order valence-electron chi connectivity index (χ3n) is 3.55. The van der Waals surface area contributed by atoms with Gasteiger partial charge in [-0.25, -0.2) is 9.67 Å². The van der Waals surface area contributed by atoms with Crippen molar-refractivity contribution in [1.82, 2.24) is 14.8 Å². The van der Waals surface area contributed by atoms with Crippen molar-refractivity contribution in [1.29, 1.82) is 0 Å². The lowest BCUT2D eigenvalue weighted by molar-refractivity contribution is 0.0393. The van der Waals surface area contributed by atoms with Crippen LogP contribution in [0.5, 0.6) is 0 Å². The molecule has 1 atom stereocenters. The minimum Gasteiger partial charge on any atom is -0.372 e. The van der Waals surface area contributed by atoms with Crippen LogP contribution < -0.4 is 0 Å². The van der Waals surface area contributed by atoms with Gasteiger partial charge in [0.25, 0.3) is 0 Å². The summed E-state index contributed by atoms with van der Waals surface area (Å²) in [5.74, 6) is 0.880. The Morgan fingerprint density at radius 2 is 1.67 bits per heavy atom. The summed E-state index contributed by atoms with van der Waals surface area (Å²) in [5, 5.41) is 5.31. The summed E-state index contributed by atoms with van der Waals surface area (Å²) in [7, 11) is 0. The summed E-state index contributed by atoms with van der Waals surface area (Å²) < 4.78 is 7.73. The van der Waals surface area contributed by atoms with Gasteiger partial charge in [0.15, 0.2) is 0 Å². The van der Waals surface area contributed by atoms with Crippen molar-refractivity contribution in [2.24, 2.45) is 0 Å². The van der Waals surface area contributed by atoms with E-state index in [1.807, 2.05) is 41.1 Å². The van der Waals surface area contributed by atoms with Gasteiger partial charge in [0.05, 0.1) is 19.3 Å². The van der Waals surface area contributed by atoms with Gasteiger partial charge < -0.3 is 4.74 Å². The molecule has 5 heteroatoms. The zero-order valence-electron chi connectivity index (χ0n) is 13.7. The fourth-order valence-electron chi connectivity index (χ4n) is 2.28. The average molecular weight is 339 g/mol. The van der Waals surface area contributed by atoms with Crippen molar-refractivity contribution in [2.75, 3.05) is 0 Å². The predicted molar refractivity (Wildman–Crippen MR) is 96.7 cm³/mol. The number of hydrogen-bond donors (Lipinski definition) is 0. The van der Waals surface area contributed by atoms with E-state index in [4.69, 9.17) is 4.74 Å². The Kier molecular flexibility index (Phi) is 6.04. The van der Waals surface area contributed by atoms with Crippen LogP contribution >= 0.6 is 11.8 Å². The molecule has 0 fully saturated rings. The Hall–Kier alpha value is -2.11. The van der Waals surface area contributed by atoms with Crippen molar-refractivity contribution in [3.63, 3.8) is 0 Å². The number of ether oxygens (including phenoxy) is 1. The minimum absolute atomic E-state index is 0.0823. The fourth-order valence-corrected chi connectivity index (χ4v) is 3.06. The third kappa shape index (κ3) is 5.22. The van der Waals surface area contributed by atoms with E-state index in [1.54, 1.807) is 18.1 Å². The van der Waals surface area contributed by atoms with Crippen molar-refractivity contribution < 1.29 is 4.74 Å². The van der Waals surface area contributed by atoms with E-state index < -0.39 is 0 Å². The SMILES string of the molecule is C[C@H](Cn1cnc(SCc2ccccc2)n1)OCc1ccccc1. The van der Waals surface area contributed by atoms with Gasteiger partial charge in [-0.15, -0.1) is 5.10 Å². The maximum absolute atomic E-state index is 5.88. The Labute approximate surface area is 146 Å². The highest BCUT2D eigenvalue weighted by molar-refractivity contribution is 7.98. The first-order chi connectivity index (χ1) is 11.8. The topological polar surface area (TPSA) is 39.9 Å². The summed E-state index contributed by atoms with van der Waals surface area (Å²) in [6.07, 6.45) is 1.86. The van der Waals surface area contributed by atoms with Crippen molar-refractivity contribution in [3.05, 3.63) is 78.1 Å². The van der Waals surface area contributed by atoms with Gasteiger partial charge in [-0.1, -0.05) is 72.4 Å². The molecule has 0 aliphatic carbocycles. The molecular weight excluding hydrogens is 318 g/mol. The van der Waals surface area contributed by atoms with Crippen LogP contribution in [0.3, 0.4) is 0 Å². The second-order valence-electron chi connectivity index (χ2n) is 5.63. The molecule has 0 bridgehead atoms. The van der Waals surface area contributed by atoms with E-state index in [2.05, 4.69) is 41.3 Å². The average Bonchev–Trinajstić information content (AvgIpc) is 3.07. The smallest absolute Gasteiger partial charge is 0.208 e. The van der Waals surface area contributed by atoms with Crippen LogP contribution in [0.4, 0.5) is 0 Å². The molecule has 3 rings (SSSR count). The molecule has 3 aromatic rings. The highest BCUT2D eigenvalue weighted by Gasteiger charge is 2.07. The quantitative estimate of drug-likeness (QED) is 0.577. The molecule has 2 aromatic carbocycles. The molecule has 124 valence electrons. The molecule has 0 aliphatic rings. The zero-order valence-corrected chi connectivity index (χ0v) is 14.5. The largest absolute Gasteiger partial charge is 0.372 e. The van der Waals surface area contributed by atoms with E-state index in [-0.39, 0.29) is 6.10 Å². The third-order valence-corrected chi connectivity index (χ3v) is 4.47. The second kappa shape index (κ2) is 8.66. The molecule has 1 heterocycles. The normalized spacial score (nSPS) is 12.2. The first-order valence-electron chi connectivity index (χ1n) is 8.01. The molecule has 0 saturated heterocycles. The number of aromatic nitrogens is 3. The van der Waals surface area contributed by atoms with E-state index in [0.717, 1.165) is 10.9 Å². The zero-order chi connectivity index (χ0) is 16.6. The molecule has 4 nitrogen and oxygen atoms in total. The molecule has 0 aliphatic heterocycles. The van der Waals surface area contributed by atoms with Crippen LogP contribution in [0.2, 0.25) is 0 Å². The molecule has 0 N–H and O–H groups in total.